The lowest BCUT2D eigenvalue weighted by Crippen LogP contribution is -2.55. The van der Waals surface area contributed by atoms with Gasteiger partial charge < -0.3 is 9.64 Å². The Morgan fingerprint density at radius 3 is 2.72 bits per heavy atom. The molecule has 0 bridgehead atoms. The minimum Gasteiger partial charge on any atom is -0.375 e. The number of morpholine rings is 1. The SMILES string of the molecule is CCC1COC(C)CN1C(=O)C1(C#N)CCCC1. The molecule has 0 aromatic heterocycles. The molecule has 0 aromatic carbocycles. The zero-order valence-corrected chi connectivity index (χ0v) is 11.3. The molecule has 1 saturated carbocycles. The molecule has 1 heterocycles. The number of nitrogens with zero attached hydrogens (tertiary/aromatic N) is 2. The highest BCUT2D eigenvalue weighted by Crippen LogP contribution is 2.40. The van der Waals surface area contributed by atoms with Crippen LogP contribution >= 0.6 is 0 Å². The van der Waals surface area contributed by atoms with Crippen LogP contribution in [0.3, 0.4) is 0 Å². The molecular weight excluding hydrogens is 228 g/mol. The van der Waals surface area contributed by atoms with Crippen LogP contribution in [-0.2, 0) is 9.53 Å². The quantitative estimate of drug-likeness (QED) is 0.754. The Bertz CT molecular complexity index is 355. The third-order valence-corrected chi connectivity index (χ3v) is 4.28. The molecule has 2 aliphatic rings. The van der Waals surface area contributed by atoms with Gasteiger partial charge in [-0.2, -0.15) is 5.26 Å². The fraction of sp³-hybridized carbons (Fsp3) is 0.857. The number of amides is 1. The zero-order valence-electron chi connectivity index (χ0n) is 11.3. The van der Waals surface area contributed by atoms with E-state index in [4.69, 9.17) is 4.74 Å². The normalized spacial score (nSPS) is 31.1. The minimum absolute atomic E-state index is 0.0458. The molecule has 4 heteroatoms. The monoisotopic (exact) mass is 250 g/mol. The lowest BCUT2D eigenvalue weighted by atomic mass is 9.85. The van der Waals surface area contributed by atoms with Crippen LogP contribution < -0.4 is 0 Å². The highest BCUT2D eigenvalue weighted by atomic mass is 16.5. The lowest BCUT2D eigenvalue weighted by Gasteiger charge is -2.41. The topological polar surface area (TPSA) is 53.3 Å². The summed E-state index contributed by atoms with van der Waals surface area (Å²) in [6.45, 7) is 5.28. The van der Waals surface area contributed by atoms with Crippen LogP contribution in [0.2, 0.25) is 0 Å². The van der Waals surface area contributed by atoms with Crippen molar-refractivity contribution in [2.24, 2.45) is 5.41 Å². The maximum absolute atomic E-state index is 12.7. The summed E-state index contributed by atoms with van der Waals surface area (Å²) in [6, 6.07) is 2.44. The fourth-order valence-electron chi connectivity index (χ4n) is 3.06. The highest BCUT2D eigenvalue weighted by molar-refractivity contribution is 5.86. The van der Waals surface area contributed by atoms with Crippen LogP contribution in [0.4, 0.5) is 0 Å². The van der Waals surface area contributed by atoms with Crippen molar-refractivity contribution in [3.8, 4) is 6.07 Å². The Kier molecular flexibility index (Phi) is 3.91. The van der Waals surface area contributed by atoms with Gasteiger partial charge in [-0.05, 0) is 26.2 Å². The van der Waals surface area contributed by atoms with E-state index in [-0.39, 0.29) is 18.1 Å². The summed E-state index contributed by atoms with van der Waals surface area (Å²) in [7, 11) is 0. The predicted octanol–water partition coefficient (Wildman–Crippen LogP) is 2.10. The Hall–Kier alpha value is -1.08. The van der Waals surface area contributed by atoms with E-state index in [1.807, 2.05) is 11.8 Å². The number of rotatable bonds is 2. The van der Waals surface area contributed by atoms with Gasteiger partial charge in [0.05, 0.1) is 24.8 Å². The maximum atomic E-state index is 12.7. The van der Waals surface area contributed by atoms with Crippen molar-refractivity contribution in [2.75, 3.05) is 13.2 Å². The molecule has 2 unspecified atom stereocenters. The second-order valence-electron chi connectivity index (χ2n) is 5.56. The first-order valence-electron chi connectivity index (χ1n) is 6.97. The van der Waals surface area contributed by atoms with E-state index < -0.39 is 5.41 Å². The van der Waals surface area contributed by atoms with Gasteiger partial charge in [0.25, 0.3) is 0 Å². The summed E-state index contributed by atoms with van der Waals surface area (Å²) >= 11 is 0. The molecule has 1 saturated heterocycles. The molecular formula is C14H22N2O2. The van der Waals surface area contributed by atoms with E-state index >= 15 is 0 Å². The van der Waals surface area contributed by atoms with Gasteiger partial charge in [-0.15, -0.1) is 0 Å². The molecule has 100 valence electrons. The van der Waals surface area contributed by atoms with Gasteiger partial charge in [-0.1, -0.05) is 19.8 Å². The van der Waals surface area contributed by atoms with Crippen molar-refractivity contribution in [1.29, 1.82) is 5.26 Å². The van der Waals surface area contributed by atoms with E-state index in [2.05, 4.69) is 13.0 Å². The van der Waals surface area contributed by atoms with Crippen LogP contribution in [0.1, 0.15) is 46.0 Å². The van der Waals surface area contributed by atoms with E-state index in [1.54, 1.807) is 0 Å². The van der Waals surface area contributed by atoms with Crippen molar-refractivity contribution in [3.63, 3.8) is 0 Å². The largest absolute Gasteiger partial charge is 0.375 e. The van der Waals surface area contributed by atoms with Gasteiger partial charge in [-0.3, -0.25) is 4.79 Å². The molecule has 2 rings (SSSR count). The standard InChI is InChI=1S/C14H22N2O2/c1-3-12-9-18-11(2)8-16(12)13(17)14(10-15)6-4-5-7-14/h11-12H,3-9H2,1-2H3. The molecule has 2 fully saturated rings. The summed E-state index contributed by atoms with van der Waals surface area (Å²) in [6.07, 6.45) is 4.41. The zero-order chi connectivity index (χ0) is 13.2. The van der Waals surface area contributed by atoms with Crippen LogP contribution in [0, 0.1) is 16.7 Å². The number of carbonyl (C=O) groups is 1. The number of nitriles is 1. The average Bonchev–Trinajstić information content (AvgIpc) is 2.87. The Morgan fingerprint density at radius 2 is 2.17 bits per heavy atom. The number of carbonyl (C=O) groups excluding carboxylic acids is 1. The first-order valence-corrected chi connectivity index (χ1v) is 6.97. The van der Waals surface area contributed by atoms with Crippen molar-refractivity contribution < 1.29 is 9.53 Å². The highest BCUT2D eigenvalue weighted by Gasteiger charge is 2.46. The van der Waals surface area contributed by atoms with Crippen LogP contribution in [0.5, 0.6) is 0 Å². The first-order chi connectivity index (χ1) is 8.63. The van der Waals surface area contributed by atoms with Crippen LogP contribution in [0.25, 0.3) is 0 Å². The van der Waals surface area contributed by atoms with Gasteiger partial charge in [-0.25, -0.2) is 0 Å². The molecule has 2 atom stereocenters. The van der Waals surface area contributed by atoms with E-state index in [0.29, 0.717) is 13.2 Å². The molecule has 1 aliphatic heterocycles. The van der Waals surface area contributed by atoms with Gasteiger partial charge in [0.2, 0.25) is 5.91 Å². The third-order valence-electron chi connectivity index (χ3n) is 4.28. The predicted molar refractivity (Wildman–Crippen MR) is 67.7 cm³/mol. The molecule has 0 spiro atoms. The van der Waals surface area contributed by atoms with Crippen LogP contribution in [0.15, 0.2) is 0 Å². The molecule has 1 aliphatic carbocycles. The van der Waals surface area contributed by atoms with E-state index in [1.165, 1.54) is 0 Å². The summed E-state index contributed by atoms with van der Waals surface area (Å²) in [4.78, 5) is 14.6. The van der Waals surface area contributed by atoms with Gasteiger partial charge in [0.1, 0.15) is 5.41 Å². The molecule has 4 nitrogen and oxygen atoms in total. The number of ether oxygens (including phenoxy) is 1. The summed E-state index contributed by atoms with van der Waals surface area (Å²) < 4.78 is 5.61. The van der Waals surface area contributed by atoms with Gasteiger partial charge >= 0.3 is 0 Å². The van der Waals surface area contributed by atoms with Gasteiger partial charge in [0.15, 0.2) is 0 Å². The molecule has 0 aromatic rings. The Labute approximate surface area is 109 Å². The van der Waals surface area contributed by atoms with Gasteiger partial charge in [0, 0.05) is 6.54 Å². The first kappa shape index (κ1) is 13.4. The van der Waals surface area contributed by atoms with Crippen molar-refractivity contribution in [2.45, 2.75) is 58.1 Å². The van der Waals surface area contributed by atoms with Crippen molar-refractivity contribution in [3.05, 3.63) is 0 Å². The third kappa shape index (κ3) is 2.24. The molecule has 0 N–H and O–H groups in total. The molecule has 18 heavy (non-hydrogen) atoms. The van der Waals surface area contributed by atoms with Crippen molar-refractivity contribution in [1.82, 2.24) is 4.90 Å². The average molecular weight is 250 g/mol. The van der Waals surface area contributed by atoms with E-state index in [9.17, 15) is 10.1 Å². The minimum atomic E-state index is -0.746. The van der Waals surface area contributed by atoms with Crippen LogP contribution in [-0.4, -0.2) is 36.1 Å². The summed E-state index contributed by atoms with van der Waals surface area (Å²) in [5.41, 5.74) is -0.746. The Balaban J connectivity index is 2.17. The second kappa shape index (κ2) is 5.27. The molecule has 1 amide bonds. The second-order valence-corrected chi connectivity index (χ2v) is 5.56. The Morgan fingerprint density at radius 1 is 1.50 bits per heavy atom. The molecule has 0 radical (unpaired) electrons. The van der Waals surface area contributed by atoms with Crippen molar-refractivity contribution >= 4 is 5.91 Å². The number of hydrogen-bond acceptors (Lipinski definition) is 3. The fourth-order valence-corrected chi connectivity index (χ4v) is 3.06. The lowest BCUT2D eigenvalue weighted by molar-refractivity contribution is -0.152. The maximum Gasteiger partial charge on any atom is 0.243 e. The van der Waals surface area contributed by atoms with E-state index in [0.717, 1.165) is 32.1 Å². The number of hydrogen-bond donors (Lipinski definition) is 0. The summed E-state index contributed by atoms with van der Waals surface area (Å²) in [5, 5.41) is 9.41. The summed E-state index contributed by atoms with van der Waals surface area (Å²) in [5.74, 6) is 0.0458. The smallest absolute Gasteiger partial charge is 0.243 e.